The summed E-state index contributed by atoms with van der Waals surface area (Å²) >= 11 is 5.70. The fourth-order valence-electron chi connectivity index (χ4n) is 3.70. The summed E-state index contributed by atoms with van der Waals surface area (Å²) in [6, 6.07) is 18.0. The lowest BCUT2D eigenvalue weighted by Crippen LogP contribution is -2.54. The number of anilines is 1. The molecule has 8 heteroatoms. The zero-order chi connectivity index (χ0) is 25.1. The average Bonchev–Trinajstić information content (AvgIpc) is 2.81. The molecule has 35 heavy (non-hydrogen) atoms. The van der Waals surface area contributed by atoms with Crippen molar-refractivity contribution in [1.29, 1.82) is 0 Å². The number of carbonyl (C=O) groups is 3. The van der Waals surface area contributed by atoms with Gasteiger partial charge in [-0.3, -0.25) is 14.9 Å². The number of aryl methyl sites for hydroxylation is 2. The number of rotatable bonds is 6. The van der Waals surface area contributed by atoms with E-state index in [4.69, 9.17) is 4.74 Å². The molecule has 4 rings (SSSR count). The molecule has 0 spiro atoms. The predicted molar refractivity (Wildman–Crippen MR) is 147 cm³/mol. The van der Waals surface area contributed by atoms with Gasteiger partial charge >= 0.3 is 6.03 Å². The van der Waals surface area contributed by atoms with E-state index in [9.17, 15) is 14.4 Å². The zero-order valence-electron chi connectivity index (χ0n) is 19.1. The summed E-state index contributed by atoms with van der Waals surface area (Å²) in [5, 5.41) is 2.26. The maximum absolute atomic E-state index is 13.2. The molecule has 1 N–H and O–H groups in total. The quantitative estimate of drug-likeness (QED) is 0.198. The molecule has 0 aromatic heterocycles. The van der Waals surface area contributed by atoms with E-state index in [2.05, 4.69) is 49.9 Å². The number of hydrogen-bond acceptors (Lipinski definition) is 4. The molecule has 1 fully saturated rings. The molecule has 3 aromatic carbocycles. The lowest BCUT2D eigenvalue weighted by Gasteiger charge is -2.26. The first kappa shape index (κ1) is 25.1. The SMILES string of the molecule is CCc1ccc(N2C(=O)NC(=O)/C(=C/c3cc(Br)c(OCc4cccc(C)c4)c(I)c3)C2=O)cc1. The number of halogens is 2. The minimum Gasteiger partial charge on any atom is -0.487 e. The van der Waals surface area contributed by atoms with E-state index in [0.717, 1.165) is 31.6 Å². The Kier molecular flexibility index (Phi) is 7.71. The van der Waals surface area contributed by atoms with Gasteiger partial charge in [-0.2, -0.15) is 0 Å². The van der Waals surface area contributed by atoms with Crippen molar-refractivity contribution in [2.24, 2.45) is 0 Å². The molecule has 4 amide bonds. The van der Waals surface area contributed by atoms with Gasteiger partial charge < -0.3 is 4.74 Å². The molecular weight excluding hydrogens is 623 g/mol. The van der Waals surface area contributed by atoms with E-state index in [1.54, 1.807) is 18.2 Å². The highest BCUT2D eigenvalue weighted by Crippen LogP contribution is 2.34. The molecule has 6 nitrogen and oxygen atoms in total. The van der Waals surface area contributed by atoms with Crippen LogP contribution in [0.4, 0.5) is 10.5 Å². The van der Waals surface area contributed by atoms with Gasteiger partial charge in [0.25, 0.3) is 11.8 Å². The number of carbonyl (C=O) groups excluding carboxylic acids is 3. The van der Waals surface area contributed by atoms with Crippen molar-refractivity contribution in [3.8, 4) is 5.75 Å². The first-order chi connectivity index (χ1) is 16.8. The van der Waals surface area contributed by atoms with Gasteiger partial charge in [0.2, 0.25) is 0 Å². The Morgan fingerprint density at radius 1 is 1.03 bits per heavy atom. The monoisotopic (exact) mass is 644 g/mol. The van der Waals surface area contributed by atoms with Crippen molar-refractivity contribution in [3.63, 3.8) is 0 Å². The molecule has 1 aliphatic heterocycles. The van der Waals surface area contributed by atoms with Crippen LogP contribution in [0.2, 0.25) is 0 Å². The summed E-state index contributed by atoms with van der Waals surface area (Å²) < 4.78 is 7.53. The summed E-state index contributed by atoms with van der Waals surface area (Å²) in [6.07, 6.45) is 2.32. The van der Waals surface area contributed by atoms with Crippen LogP contribution in [0.3, 0.4) is 0 Å². The van der Waals surface area contributed by atoms with Crippen molar-refractivity contribution in [2.75, 3.05) is 4.90 Å². The second kappa shape index (κ2) is 10.7. The molecule has 178 valence electrons. The molecule has 0 aliphatic carbocycles. The zero-order valence-corrected chi connectivity index (χ0v) is 22.8. The maximum Gasteiger partial charge on any atom is 0.335 e. The standard InChI is InChI=1S/C27H22BrIN2O4/c1-3-17-7-9-20(10-8-17)31-26(33)21(25(32)30-27(31)34)12-19-13-22(28)24(23(29)14-19)35-15-18-6-4-5-16(2)11-18/h4-14H,3,15H2,1-2H3,(H,30,32,34)/b21-12-. The second-order valence-electron chi connectivity index (χ2n) is 8.07. The lowest BCUT2D eigenvalue weighted by atomic mass is 10.1. The van der Waals surface area contributed by atoms with E-state index in [1.807, 2.05) is 50.2 Å². The van der Waals surface area contributed by atoms with Gasteiger partial charge in [-0.05, 0) is 98.9 Å². The number of benzene rings is 3. The first-order valence-corrected chi connectivity index (χ1v) is 12.8. The van der Waals surface area contributed by atoms with Crippen LogP contribution >= 0.6 is 38.5 Å². The van der Waals surface area contributed by atoms with Crippen molar-refractivity contribution >= 4 is 68.1 Å². The molecule has 1 saturated heterocycles. The molecule has 0 saturated carbocycles. The van der Waals surface area contributed by atoms with Gasteiger partial charge in [0.05, 0.1) is 13.7 Å². The van der Waals surface area contributed by atoms with Crippen molar-refractivity contribution in [3.05, 3.63) is 96.5 Å². The number of hydrogen-bond donors (Lipinski definition) is 1. The third kappa shape index (κ3) is 5.65. The second-order valence-corrected chi connectivity index (χ2v) is 10.1. The normalized spacial score (nSPS) is 14.9. The summed E-state index contributed by atoms with van der Waals surface area (Å²) in [5.74, 6) is -0.734. The number of barbiturate groups is 1. The molecule has 0 atom stereocenters. The van der Waals surface area contributed by atoms with Gasteiger partial charge in [-0.15, -0.1) is 0 Å². The summed E-state index contributed by atoms with van der Waals surface area (Å²) in [7, 11) is 0. The van der Waals surface area contributed by atoms with Crippen LogP contribution in [0, 0.1) is 10.5 Å². The molecule has 0 unspecified atom stereocenters. The van der Waals surface area contributed by atoms with Crippen molar-refractivity contribution < 1.29 is 19.1 Å². The molecule has 3 aromatic rings. The Morgan fingerprint density at radius 3 is 2.43 bits per heavy atom. The number of nitrogens with one attached hydrogen (secondary N) is 1. The summed E-state index contributed by atoms with van der Waals surface area (Å²) in [6.45, 7) is 4.46. The summed E-state index contributed by atoms with van der Waals surface area (Å²) in [5.41, 5.74) is 4.19. The fourth-order valence-corrected chi connectivity index (χ4v) is 5.47. The van der Waals surface area contributed by atoms with E-state index < -0.39 is 17.8 Å². The van der Waals surface area contributed by atoms with E-state index in [1.165, 1.54) is 6.08 Å². The van der Waals surface area contributed by atoms with Crippen LogP contribution in [0.25, 0.3) is 6.08 Å². The van der Waals surface area contributed by atoms with E-state index in [-0.39, 0.29) is 5.57 Å². The van der Waals surface area contributed by atoms with Crippen LogP contribution in [0.5, 0.6) is 5.75 Å². The molecular formula is C27H22BrIN2O4. The van der Waals surface area contributed by atoms with Crippen molar-refractivity contribution in [2.45, 2.75) is 26.9 Å². The Morgan fingerprint density at radius 2 is 1.77 bits per heavy atom. The Bertz CT molecular complexity index is 1330. The average molecular weight is 645 g/mol. The number of nitrogens with zero attached hydrogens (tertiary/aromatic N) is 1. The van der Waals surface area contributed by atoms with Crippen LogP contribution < -0.4 is 15.0 Å². The van der Waals surface area contributed by atoms with Crippen molar-refractivity contribution in [1.82, 2.24) is 5.32 Å². The predicted octanol–water partition coefficient (Wildman–Crippen LogP) is 6.17. The minimum absolute atomic E-state index is 0.125. The van der Waals surface area contributed by atoms with Gasteiger partial charge in [-0.25, -0.2) is 9.69 Å². The number of urea groups is 1. The summed E-state index contributed by atoms with van der Waals surface area (Å²) in [4.78, 5) is 39.1. The van der Waals surface area contributed by atoms with Crippen LogP contribution in [0.1, 0.15) is 29.2 Å². The Balaban J connectivity index is 1.60. The van der Waals surface area contributed by atoms with Gasteiger partial charge in [0.1, 0.15) is 17.9 Å². The highest BCUT2D eigenvalue weighted by Gasteiger charge is 2.36. The minimum atomic E-state index is -0.767. The van der Waals surface area contributed by atoms with E-state index >= 15 is 0 Å². The maximum atomic E-state index is 13.2. The molecule has 1 heterocycles. The Labute approximate surface area is 225 Å². The smallest absolute Gasteiger partial charge is 0.335 e. The van der Waals surface area contributed by atoms with Crippen LogP contribution in [-0.4, -0.2) is 17.8 Å². The number of ether oxygens (including phenoxy) is 1. The molecule has 0 radical (unpaired) electrons. The molecule has 0 bridgehead atoms. The number of amides is 4. The highest BCUT2D eigenvalue weighted by atomic mass is 127. The largest absolute Gasteiger partial charge is 0.487 e. The topological polar surface area (TPSA) is 75.7 Å². The lowest BCUT2D eigenvalue weighted by molar-refractivity contribution is -0.122. The van der Waals surface area contributed by atoms with Gasteiger partial charge in [-0.1, -0.05) is 48.9 Å². The van der Waals surface area contributed by atoms with E-state index in [0.29, 0.717) is 28.1 Å². The van der Waals surface area contributed by atoms with Gasteiger partial charge in [0, 0.05) is 0 Å². The third-order valence-electron chi connectivity index (χ3n) is 5.50. The van der Waals surface area contributed by atoms with Crippen LogP contribution in [-0.2, 0) is 22.6 Å². The first-order valence-electron chi connectivity index (χ1n) is 10.9. The van der Waals surface area contributed by atoms with Crippen LogP contribution in [0.15, 0.2) is 70.7 Å². The number of imide groups is 2. The Hall–Kier alpha value is -2.98. The third-order valence-corrected chi connectivity index (χ3v) is 6.89. The van der Waals surface area contributed by atoms with Gasteiger partial charge in [0.15, 0.2) is 0 Å². The fraction of sp³-hybridized carbons (Fsp3) is 0.148. The highest BCUT2D eigenvalue weighted by molar-refractivity contribution is 14.1. The molecule has 1 aliphatic rings.